The Morgan fingerprint density at radius 3 is 2.33 bits per heavy atom. The van der Waals surface area contributed by atoms with Gasteiger partial charge in [-0.3, -0.25) is 0 Å². The first-order valence-corrected chi connectivity index (χ1v) is 13.5. The highest BCUT2D eigenvalue weighted by Gasteiger charge is 2.55. The molecule has 0 nitrogen and oxygen atoms in total. The number of hydrogen-bond acceptors (Lipinski definition) is 0. The molecule has 5 atom stereocenters. The minimum absolute atomic E-state index is 0.499. The van der Waals surface area contributed by atoms with E-state index in [2.05, 4.69) is 52.0 Å². The van der Waals surface area contributed by atoms with Gasteiger partial charge in [0, 0.05) is 0 Å². The molecule has 0 heterocycles. The van der Waals surface area contributed by atoms with Crippen molar-refractivity contribution in [2.75, 3.05) is 0 Å². The maximum absolute atomic E-state index is 2.64. The molecule has 5 unspecified atom stereocenters. The van der Waals surface area contributed by atoms with Gasteiger partial charge >= 0.3 is 0 Å². The van der Waals surface area contributed by atoms with E-state index >= 15 is 0 Å². The van der Waals surface area contributed by atoms with Crippen molar-refractivity contribution >= 4 is 0 Å². The fourth-order valence-corrected chi connectivity index (χ4v) is 7.16. The van der Waals surface area contributed by atoms with E-state index < -0.39 is 0 Å². The van der Waals surface area contributed by atoms with Crippen LogP contribution >= 0.6 is 0 Å². The summed E-state index contributed by atoms with van der Waals surface area (Å²) in [7, 11) is 0. The molecular weight excluding hydrogens is 360 g/mol. The van der Waals surface area contributed by atoms with Gasteiger partial charge in [-0.1, -0.05) is 97.3 Å². The molecule has 3 saturated carbocycles. The highest BCUT2D eigenvalue weighted by atomic mass is 14.6. The normalized spacial score (nSPS) is 37.0. The molecule has 0 aromatic carbocycles. The summed E-state index contributed by atoms with van der Waals surface area (Å²) in [5.74, 6) is 3.41. The van der Waals surface area contributed by atoms with Crippen LogP contribution < -0.4 is 0 Å². The topological polar surface area (TPSA) is 0 Å². The molecule has 3 fully saturated rings. The van der Waals surface area contributed by atoms with E-state index in [9.17, 15) is 0 Å². The predicted molar refractivity (Wildman–Crippen MR) is 136 cm³/mol. The zero-order valence-electron chi connectivity index (χ0n) is 21.7. The van der Waals surface area contributed by atoms with Gasteiger partial charge in [0.25, 0.3) is 0 Å². The van der Waals surface area contributed by atoms with Crippen molar-refractivity contribution in [3.63, 3.8) is 0 Å². The van der Waals surface area contributed by atoms with Crippen molar-refractivity contribution in [2.45, 2.75) is 120 Å². The van der Waals surface area contributed by atoms with Gasteiger partial charge in [0.2, 0.25) is 0 Å². The van der Waals surface area contributed by atoms with Crippen LogP contribution in [0.4, 0.5) is 0 Å². The van der Waals surface area contributed by atoms with Crippen LogP contribution in [0.5, 0.6) is 0 Å². The molecule has 0 radical (unpaired) electrons. The Kier molecular flexibility index (Phi) is 9.51. The average molecular weight is 413 g/mol. The van der Waals surface area contributed by atoms with Gasteiger partial charge in [0.05, 0.1) is 0 Å². The van der Waals surface area contributed by atoms with Crippen LogP contribution in [0, 0.1) is 34.5 Å². The Bertz CT molecular complexity index is 618. The lowest BCUT2D eigenvalue weighted by atomic mass is 9.50. The first-order valence-electron chi connectivity index (χ1n) is 13.5. The SMILES string of the molecule is CC.CC.CC(C)C/C=C/CC1CCC2C3=CC=C4CCCCC4(C)C3CCC12C. The van der Waals surface area contributed by atoms with E-state index in [0.29, 0.717) is 10.8 Å². The van der Waals surface area contributed by atoms with Crippen LogP contribution in [0.2, 0.25) is 0 Å². The van der Waals surface area contributed by atoms with Crippen LogP contribution in [0.3, 0.4) is 0 Å². The third-order valence-electron chi connectivity index (χ3n) is 8.88. The molecule has 0 aliphatic heterocycles. The van der Waals surface area contributed by atoms with Crippen LogP contribution in [-0.2, 0) is 0 Å². The van der Waals surface area contributed by atoms with E-state index in [4.69, 9.17) is 0 Å². The van der Waals surface area contributed by atoms with Gasteiger partial charge in [-0.25, -0.2) is 0 Å². The quantitative estimate of drug-likeness (QED) is 0.403. The van der Waals surface area contributed by atoms with Crippen molar-refractivity contribution in [3.05, 3.63) is 35.5 Å². The summed E-state index contributed by atoms with van der Waals surface area (Å²) >= 11 is 0. The molecule has 30 heavy (non-hydrogen) atoms. The molecule has 0 heteroatoms. The smallest absolute Gasteiger partial charge is 0.00476 e. The van der Waals surface area contributed by atoms with Crippen molar-refractivity contribution in [3.8, 4) is 0 Å². The van der Waals surface area contributed by atoms with Crippen molar-refractivity contribution in [1.29, 1.82) is 0 Å². The maximum Gasteiger partial charge on any atom is -0.00476 e. The molecular formula is C30H52. The molecule has 4 aliphatic carbocycles. The van der Waals surface area contributed by atoms with Gasteiger partial charge in [-0.05, 0) is 92.3 Å². The highest BCUT2D eigenvalue weighted by Crippen LogP contribution is 2.65. The average Bonchev–Trinajstić information content (AvgIpc) is 3.10. The maximum atomic E-state index is 2.64. The lowest BCUT2D eigenvalue weighted by Crippen LogP contribution is -2.44. The molecule has 0 bridgehead atoms. The lowest BCUT2D eigenvalue weighted by molar-refractivity contribution is 0.0701. The second kappa shape index (κ2) is 11.2. The third-order valence-corrected chi connectivity index (χ3v) is 8.88. The molecule has 4 rings (SSSR count). The molecule has 0 amide bonds. The molecule has 4 aliphatic rings. The molecule has 0 aromatic heterocycles. The number of fused-ring (bicyclic) bond motifs is 5. The summed E-state index contributed by atoms with van der Waals surface area (Å²) in [4.78, 5) is 0. The van der Waals surface area contributed by atoms with Crippen molar-refractivity contribution < 1.29 is 0 Å². The summed E-state index contributed by atoms with van der Waals surface area (Å²) in [6, 6.07) is 0. The van der Waals surface area contributed by atoms with Gasteiger partial charge in [-0.2, -0.15) is 0 Å². The molecule has 172 valence electrons. The third kappa shape index (κ3) is 4.83. The molecule has 0 saturated heterocycles. The minimum atomic E-state index is 0.499. The Morgan fingerprint density at radius 2 is 1.63 bits per heavy atom. The van der Waals surface area contributed by atoms with E-state index in [1.54, 1.807) is 5.57 Å². The van der Waals surface area contributed by atoms with Crippen LogP contribution in [-0.4, -0.2) is 0 Å². The summed E-state index contributed by atoms with van der Waals surface area (Å²) < 4.78 is 0. The zero-order valence-corrected chi connectivity index (χ0v) is 21.7. The highest BCUT2D eigenvalue weighted by molar-refractivity contribution is 5.38. The van der Waals surface area contributed by atoms with Gasteiger partial charge < -0.3 is 0 Å². The van der Waals surface area contributed by atoms with Crippen molar-refractivity contribution in [1.82, 2.24) is 0 Å². The largest absolute Gasteiger partial charge is 0.0883 e. The van der Waals surface area contributed by atoms with E-state index in [1.165, 1.54) is 64.2 Å². The summed E-state index contributed by atoms with van der Waals surface area (Å²) in [6.07, 6.45) is 24.2. The van der Waals surface area contributed by atoms with Crippen LogP contribution in [0.25, 0.3) is 0 Å². The Hall–Kier alpha value is -0.780. The minimum Gasteiger partial charge on any atom is -0.0883 e. The Balaban J connectivity index is 0.000000757. The van der Waals surface area contributed by atoms with Crippen molar-refractivity contribution in [2.24, 2.45) is 34.5 Å². The molecule has 0 N–H and O–H groups in total. The fraction of sp³-hybridized carbons (Fsp3) is 0.800. The molecule has 0 aromatic rings. The number of rotatable bonds is 4. The van der Waals surface area contributed by atoms with Gasteiger partial charge in [0.1, 0.15) is 0 Å². The second-order valence-electron chi connectivity index (χ2n) is 10.7. The number of hydrogen-bond donors (Lipinski definition) is 0. The van der Waals surface area contributed by atoms with Crippen LogP contribution in [0.1, 0.15) is 120 Å². The van der Waals surface area contributed by atoms with E-state index in [1.807, 2.05) is 33.3 Å². The first kappa shape index (κ1) is 25.5. The summed E-state index contributed by atoms with van der Waals surface area (Å²) in [5, 5.41) is 0. The first-order chi connectivity index (χ1) is 14.4. The fourth-order valence-electron chi connectivity index (χ4n) is 7.16. The Labute approximate surface area is 189 Å². The van der Waals surface area contributed by atoms with Crippen LogP contribution in [0.15, 0.2) is 35.5 Å². The number of allylic oxidation sites excluding steroid dienone is 6. The summed E-state index contributed by atoms with van der Waals surface area (Å²) in [6.45, 7) is 17.9. The molecule has 0 spiro atoms. The standard InChI is InChI=1S/C26H40.2C2H6/c1-19(2)9-5-6-10-21-13-15-23-22-14-12-20-11-7-8-17-25(20,3)24(22)16-18-26(21,23)4;2*1-2/h5-6,12,14,19,21,23-24H,7-11,13,15-18H2,1-4H3;2*1-2H3/b6-5+;;. The Morgan fingerprint density at radius 1 is 0.900 bits per heavy atom. The second-order valence-corrected chi connectivity index (χ2v) is 10.7. The zero-order chi connectivity index (χ0) is 22.4. The van der Waals surface area contributed by atoms with E-state index in [-0.39, 0.29) is 0 Å². The summed E-state index contributed by atoms with van der Waals surface area (Å²) in [5.41, 5.74) is 4.70. The monoisotopic (exact) mass is 412 g/mol. The van der Waals surface area contributed by atoms with Gasteiger partial charge in [0.15, 0.2) is 0 Å². The lowest BCUT2D eigenvalue weighted by Gasteiger charge is -2.54. The predicted octanol–water partition coefficient (Wildman–Crippen LogP) is 9.92. The van der Waals surface area contributed by atoms with E-state index in [0.717, 1.165) is 23.7 Å². The van der Waals surface area contributed by atoms with Gasteiger partial charge in [-0.15, -0.1) is 0 Å².